The summed E-state index contributed by atoms with van der Waals surface area (Å²) in [6.45, 7) is 2.24. The second-order valence-corrected chi connectivity index (χ2v) is 11.9. The van der Waals surface area contributed by atoms with Crippen LogP contribution in [0.15, 0.2) is 24.3 Å². The van der Waals surface area contributed by atoms with Crippen LogP contribution in [0.5, 0.6) is 0 Å². The van der Waals surface area contributed by atoms with E-state index in [4.69, 9.17) is 9.97 Å². The largest absolute Gasteiger partial charge is 0.367 e. The lowest BCUT2D eigenvalue weighted by Crippen LogP contribution is -2.36. The number of hydrogen-bond donors (Lipinski definition) is 3. The van der Waals surface area contributed by atoms with Crippen molar-refractivity contribution in [2.75, 3.05) is 37.8 Å². The number of aryl methyl sites for hydroxylation is 2. The number of nitrogens with zero attached hydrogens (tertiary/aromatic N) is 3. The third kappa shape index (κ3) is 4.91. The van der Waals surface area contributed by atoms with Gasteiger partial charge in [0, 0.05) is 22.6 Å². The fourth-order valence-corrected chi connectivity index (χ4v) is 7.47. The van der Waals surface area contributed by atoms with Crippen LogP contribution in [0.1, 0.15) is 66.9 Å². The lowest BCUT2D eigenvalue weighted by Gasteiger charge is -2.33. The van der Waals surface area contributed by atoms with Gasteiger partial charge in [0.15, 0.2) is 0 Å². The van der Waals surface area contributed by atoms with E-state index < -0.39 is 0 Å². The molecule has 0 radical (unpaired) electrons. The molecule has 0 amide bonds. The molecule has 3 aromatic rings. The van der Waals surface area contributed by atoms with Crippen molar-refractivity contribution in [2.24, 2.45) is 0 Å². The van der Waals surface area contributed by atoms with E-state index in [9.17, 15) is 0 Å². The van der Waals surface area contributed by atoms with E-state index in [0.29, 0.717) is 23.9 Å². The summed E-state index contributed by atoms with van der Waals surface area (Å²) in [6, 6.07) is 10.1. The molecule has 2 fully saturated rings. The predicted octanol–water partition coefficient (Wildman–Crippen LogP) is 5.68. The van der Waals surface area contributed by atoms with Gasteiger partial charge in [-0.15, -0.1) is 11.3 Å². The Balaban J connectivity index is 1.24. The van der Waals surface area contributed by atoms with Gasteiger partial charge >= 0.3 is 0 Å². The Morgan fingerprint density at radius 1 is 0.943 bits per heavy atom. The molecular formula is C28H38N6S. The Hall–Kier alpha value is -2.22. The Bertz CT molecular complexity index is 1160. The Morgan fingerprint density at radius 2 is 1.71 bits per heavy atom. The van der Waals surface area contributed by atoms with Gasteiger partial charge in [-0.1, -0.05) is 12.1 Å². The fourth-order valence-electron chi connectivity index (χ4n) is 6.21. The van der Waals surface area contributed by atoms with Crippen LogP contribution in [0.3, 0.4) is 0 Å². The highest BCUT2D eigenvalue weighted by atomic mass is 32.1. The molecule has 0 atom stereocenters. The highest BCUT2D eigenvalue weighted by Crippen LogP contribution is 2.41. The predicted molar refractivity (Wildman–Crippen MR) is 147 cm³/mol. The first-order valence-corrected chi connectivity index (χ1v) is 14.3. The lowest BCUT2D eigenvalue weighted by molar-refractivity contribution is 0.221. The molecule has 1 aliphatic heterocycles. The van der Waals surface area contributed by atoms with Crippen LogP contribution in [0, 0.1) is 0 Å². The topological polar surface area (TPSA) is 65.1 Å². The van der Waals surface area contributed by atoms with E-state index in [-0.39, 0.29) is 0 Å². The molecule has 0 spiro atoms. The average Bonchev–Trinajstić information content (AvgIpc) is 3.47. The minimum atomic E-state index is 0.485. The summed E-state index contributed by atoms with van der Waals surface area (Å²) in [5.74, 6) is 2.41. The number of benzene rings is 1. The number of nitrogens with one attached hydrogen (secondary N) is 3. The van der Waals surface area contributed by atoms with Gasteiger partial charge < -0.3 is 20.9 Å². The molecule has 7 heteroatoms. The van der Waals surface area contributed by atoms with E-state index >= 15 is 0 Å². The molecule has 6 rings (SSSR count). The number of fused-ring (bicyclic) bond motifs is 3. The van der Waals surface area contributed by atoms with Crippen LogP contribution >= 0.6 is 11.3 Å². The van der Waals surface area contributed by atoms with Crippen molar-refractivity contribution in [3.63, 3.8) is 0 Å². The smallest absolute Gasteiger partial charge is 0.230 e. The first-order valence-electron chi connectivity index (χ1n) is 13.5. The molecule has 3 aliphatic rings. The summed E-state index contributed by atoms with van der Waals surface area (Å²) < 4.78 is 0. The van der Waals surface area contributed by atoms with Crippen LogP contribution in [0.4, 0.5) is 17.5 Å². The monoisotopic (exact) mass is 490 g/mol. The summed E-state index contributed by atoms with van der Waals surface area (Å²) in [4.78, 5) is 15.1. The maximum absolute atomic E-state index is 5.06. The molecule has 0 bridgehead atoms. The third-order valence-corrected chi connectivity index (χ3v) is 9.50. The number of piperidine rings is 1. The molecule has 6 nitrogen and oxygen atoms in total. The van der Waals surface area contributed by atoms with E-state index in [1.165, 1.54) is 72.8 Å². The van der Waals surface area contributed by atoms with Crippen LogP contribution in [0.25, 0.3) is 10.2 Å². The van der Waals surface area contributed by atoms with Crippen molar-refractivity contribution in [3.05, 3.63) is 40.3 Å². The van der Waals surface area contributed by atoms with Crippen molar-refractivity contribution in [3.8, 4) is 0 Å². The van der Waals surface area contributed by atoms with Crippen molar-refractivity contribution in [1.29, 1.82) is 0 Å². The summed E-state index contributed by atoms with van der Waals surface area (Å²) in [6.07, 6.45) is 10.9. The number of thiophene rings is 1. The van der Waals surface area contributed by atoms with Crippen LogP contribution < -0.4 is 16.0 Å². The molecule has 1 aromatic carbocycles. The molecular weight excluding hydrogens is 452 g/mol. The molecule has 35 heavy (non-hydrogen) atoms. The maximum Gasteiger partial charge on any atom is 0.230 e. The standard InChI is InChI=1S/C28H38N6S/c1-34(2)22-12-10-20(11-13-22)30-26-25-23-4-3-5-24(23)35-27(25)33-28(32-26)31-21-8-6-18(7-9-21)19-14-16-29-17-15-19/h6-9,19-20,22,29H,3-5,10-17H2,1-2H3,(H2,30,31,32,33)/t20-,22-. The second-order valence-electron chi connectivity index (χ2n) is 10.8. The van der Waals surface area contributed by atoms with Crippen LogP contribution in [0.2, 0.25) is 0 Å². The number of anilines is 3. The molecule has 1 saturated heterocycles. The van der Waals surface area contributed by atoms with E-state index in [0.717, 1.165) is 35.8 Å². The zero-order valence-electron chi connectivity index (χ0n) is 21.1. The minimum absolute atomic E-state index is 0.485. The van der Waals surface area contributed by atoms with E-state index in [2.05, 4.69) is 59.2 Å². The molecule has 1 saturated carbocycles. The summed E-state index contributed by atoms with van der Waals surface area (Å²) >= 11 is 1.87. The lowest BCUT2D eigenvalue weighted by atomic mass is 9.90. The molecule has 0 unspecified atom stereocenters. The van der Waals surface area contributed by atoms with Crippen molar-refractivity contribution >= 4 is 39.0 Å². The van der Waals surface area contributed by atoms with Gasteiger partial charge in [-0.05, 0) is 114 Å². The zero-order chi connectivity index (χ0) is 23.8. The maximum atomic E-state index is 5.06. The Labute approximate surface area is 212 Å². The van der Waals surface area contributed by atoms with E-state index in [1.54, 1.807) is 0 Å². The number of hydrogen-bond acceptors (Lipinski definition) is 7. The molecule has 2 aromatic heterocycles. The highest BCUT2D eigenvalue weighted by Gasteiger charge is 2.26. The van der Waals surface area contributed by atoms with Gasteiger partial charge in [0.25, 0.3) is 0 Å². The molecule has 2 aliphatic carbocycles. The number of rotatable bonds is 6. The first kappa shape index (κ1) is 23.2. The molecule has 3 heterocycles. The van der Waals surface area contributed by atoms with Gasteiger partial charge in [-0.3, -0.25) is 0 Å². The van der Waals surface area contributed by atoms with Gasteiger partial charge in [0.05, 0.1) is 5.39 Å². The summed E-state index contributed by atoms with van der Waals surface area (Å²) in [5, 5.41) is 12.1. The molecule has 3 N–H and O–H groups in total. The van der Waals surface area contributed by atoms with Crippen molar-refractivity contribution < 1.29 is 0 Å². The minimum Gasteiger partial charge on any atom is -0.367 e. The van der Waals surface area contributed by atoms with Crippen molar-refractivity contribution in [1.82, 2.24) is 20.2 Å². The van der Waals surface area contributed by atoms with E-state index in [1.807, 2.05) is 11.3 Å². The summed E-state index contributed by atoms with van der Waals surface area (Å²) in [7, 11) is 4.41. The quantitative estimate of drug-likeness (QED) is 0.413. The second kappa shape index (κ2) is 10.0. The normalized spacial score (nSPS) is 23.1. The zero-order valence-corrected chi connectivity index (χ0v) is 21.9. The first-order chi connectivity index (χ1) is 17.1. The van der Waals surface area contributed by atoms with Gasteiger partial charge in [-0.2, -0.15) is 4.98 Å². The van der Waals surface area contributed by atoms with Crippen molar-refractivity contribution in [2.45, 2.75) is 75.8 Å². The SMILES string of the molecule is CN(C)[C@H]1CC[C@H](Nc2nc(Nc3ccc(C4CCNCC4)cc3)nc3sc4c(c23)CCC4)CC1. The third-order valence-electron chi connectivity index (χ3n) is 8.31. The Kier molecular flexibility index (Phi) is 6.65. The van der Waals surface area contributed by atoms with Crippen LogP contribution in [-0.4, -0.2) is 54.1 Å². The fraction of sp³-hybridized carbons (Fsp3) is 0.571. The number of aromatic nitrogens is 2. The molecule has 186 valence electrons. The summed E-state index contributed by atoms with van der Waals surface area (Å²) in [5.41, 5.74) is 4.00. The van der Waals surface area contributed by atoms with Crippen LogP contribution in [-0.2, 0) is 12.8 Å². The van der Waals surface area contributed by atoms with Gasteiger partial charge in [0.2, 0.25) is 5.95 Å². The highest BCUT2D eigenvalue weighted by molar-refractivity contribution is 7.19. The average molecular weight is 491 g/mol. The Morgan fingerprint density at radius 3 is 2.46 bits per heavy atom. The van der Waals surface area contributed by atoms with Gasteiger partial charge in [-0.25, -0.2) is 4.98 Å². The van der Waals surface area contributed by atoms with Gasteiger partial charge in [0.1, 0.15) is 10.6 Å².